The first-order valence-corrected chi connectivity index (χ1v) is 15.4. The molecular formula is C26H40BF4IrP2-. The summed E-state index contributed by atoms with van der Waals surface area (Å²) in [5.41, 5.74) is 3.74. The Morgan fingerprint density at radius 1 is 0.588 bits per heavy atom. The van der Waals surface area contributed by atoms with Crippen LogP contribution in [0.2, 0.25) is 0 Å². The first-order chi connectivity index (χ1) is 15.6. The van der Waals surface area contributed by atoms with Gasteiger partial charge in [0.15, 0.2) is 0 Å². The van der Waals surface area contributed by atoms with Crippen molar-refractivity contribution in [3.63, 3.8) is 0 Å². The molecule has 0 unspecified atom stereocenters. The molecule has 2 saturated heterocycles. The van der Waals surface area contributed by atoms with E-state index in [-0.39, 0.29) is 35.9 Å². The summed E-state index contributed by atoms with van der Waals surface area (Å²) in [5.74, 6) is 0. The molecule has 2 aliphatic heterocycles. The van der Waals surface area contributed by atoms with Crippen molar-refractivity contribution in [3.8, 4) is 0 Å². The van der Waals surface area contributed by atoms with Gasteiger partial charge >= 0.3 is 7.25 Å². The Balaban J connectivity index is 0.000000343. The topological polar surface area (TPSA) is 0 Å². The van der Waals surface area contributed by atoms with Crippen LogP contribution < -0.4 is 10.6 Å². The Bertz CT molecular complexity index is 598. The van der Waals surface area contributed by atoms with Crippen molar-refractivity contribution in [1.29, 1.82) is 0 Å². The average Bonchev–Trinajstić information content (AvgIpc) is 3.21. The van der Waals surface area contributed by atoms with Crippen LogP contribution >= 0.6 is 15.8 Å². The van der Waals surface area contributed by atoms with E-state index in [0.29, 0.717) is 0 Å². The van der Waals surface area contributed by atoms with Crippen LogP contribution in [0.1, 0.15) is 79.1 Å². The predicted molar refractivity (Wildman–Crippen MR) is 142 cm³/mol. The van der Waals surface area contributed by atoms with Gasteiger partial charge in [-0.15, -0.1) is 0 Å². The van der Waals surface area contributed by atoms with Crippen molar-refractivity contribution in [1.82, 2.24) is 0 Å². The molecule has 8 heteroatoms. The largest absolute Gasteiger partial charge is 0.673 e. The minimum absolute atomic E-state index is 0. The van der Waals surface area contributed by atoms with Crippen LogP contribution in [0.5, 0.6) is 0 Å². The van der Waals surface area contributed by atoms with Crippen LogP contribution in [0, 0.1) is 25.7 Å². The first-order valence-electron chi connectivity index (χ1n) is 12.4. The number of hydrogen-bond donors (Lipinski definition) is 0. The minimum Gasteiger partial charge on any atom is -0.418 e. The Labute approximate surface area is 222 Å². The van der Waals surface area contributed by atoms with Crippen LogP contribution in [0.4, 0.5) is 17.3 Å². The third-order valence-corrected chi connectivity index (χ3v) is 13.6. The minimum atomic E-state index is -6.00. The second kappa shape index (κ2) is 16.4. The van der Waals surface area contributed by atoms with E-state index in [2.05, 4.69) is 77.6 Å². The van der Waals surface area contributed by atoms with E-state index in [4.69, 9.17) is 0 Å². The van der Waals surface area contributed by atoms with Gasteiger partial charge in [-0.05, 0) is 110 Å². The Morgan fingerprint density at radius 2 is 0.824 bits per heavy atom. The molecule has 0 aromatic heterocycles. The van der Waals surface area contributed by atoms with Crippen molar-refractivity contribution in [2.24, 2.45) is 0 Å². The zero-order valence-electron chi connectivity index (χ0n) is 20.9. The van der Waals surface area contributed by atoms with Gasteiger partial charge in [-0.1, -0.05) is 67.8 Å². The molecule has 0 amide bonds. The molecule has 1 saturated carbocycles. The normalized spacial score (nSPS) is 28.5. The van der Waals surface area contributed by atoms with Crippen LogP contribution in [-0.2, 0) is 20.1 Å². The molecule has 0 nitrogen and oxygen atoms in total. The van der Waals surface area contributed by atoms with Crippen molar-refractivity contribution in [2.75, 3.05) is 0 Å². The average molecular weight is 694 g/mol. The van der Waals surface area contributed by atoms with Gasteiger partial charge in [0.1, 0.15) is 0 Å². The van der Waals surface area contributed by atoms with Crippen LogP contribution in [0.25, 0.3) is 0 Å². The molecule has 3 aliphatic rings. The Kier molecular flexibility index (Phi) is 15.7. The summed E-state index contributed by atoms with van der Waals surface area (Å²) >= 11 is 0. The fourth-order valence-corrected chi connectivity index (χ4v) is 12.3. The van der Waals surface area contributed by atoms with E-state index in [0.717, 1.165) is 22.6 Å². The maximum atomic E-state index is 9.75. The summed E-state index contributed by atoms with van der Waals surface area (Å²) in [5, 5.41) is 3.57. The third kappa shape index (κ3) is 11.3. The van der Waals surface area contributed by atoms with E-state index in [9.17, 15) is 17.3 Å². The Hall–Kier alpha value is 0.514. The molecule has 4 atom stereocenters. The van der Waals surface area contributed by atoms with Crippen LogP contribution in [0.15, 0.2) is 24.3 Å². The number of rotatable bonds is 2. The van der Waals surface area contributed by atoms with Gasteiger partial charge in [0, 0.05) is 20.1 Å². The maximum Gasteiger partial charge on any atom is 0.673 e. The summed E-state index contributed by atoms with van der Waals surface area (Å²) in [7, 11) is -5.84. The monoisotopic (exact) mass is 694 g/mol. The third-order valence-electron chi connectivity index (χ3n) is 6.68. The SMILES string of the molecule is C[C@@H]1CC[C@@H](C)P1c1ccccc1P1[C@H](C)CC[C@H]1C.F[B-](F)(F)F.[CH]1[CH]CC[CH][CH]CC1.[Ir]. The molecule has 3 fully saturated rings. The molecule has 1 aliphatic carbocycles. The Morgan fingerprint density at radius 3 is 1.06 bits per heavy atom. The summed E-state index contributed by atoms with van der Waals surface area (Å²) < 4.78 is 39.0. The van der Waals surface area contributed by atoms with Crippen molar-refractivity contribution >= 4 is 33.7 Å². The van der Waals surface area contributed by atoms with Gasteiger partial charge in [0.05, 0.1) is 0 Å². The molecule has 4 rings (SSSR count). The number of benzene rings is 1. The summed E-state index contributed by atoms with van der Waals surface area (Å²) in [4.78, 5) is 0. The zero-order valence-corrected chi connectivity index (χ0v) is 25.1. The standard InChI is InChI=1S/C18H28P2.C8H12.BF4.Ir/c1-13-9-10-14(2)19(13)17-7-5-6-8-18(17)20-15(3)11-12-16(20)4;1-2-4-6-8-7-5-3-1;2-1(3,4)5;/h5-8,13-16H,9-12H2,1-4H3;1-2,7-8H,3-6H2;;/q;;-1;/t13-,14-,15-,16-;;;/m1.../s1. The summed E-state index contributed by atoms with van der Waals surface area (Å²) in [6.45, 7) is 10.0. The molecule has 2 heterocycles. The predicted octanol–water partition coefficient (Wildman–Crippen LogP) is 8.72. The second-order valence-electron chi connectivity index (χ2n) is 9.45. The van der Waals surface area contributed by atoms with Gasteiger partial charge in [-0.25, -0.2) is 0 Å². The molecule has 0 N–H and O–H groups in total. The van der Waals surface area contributed by atoms with E-state index in [1.54, 1.807) is 10.6 Å². The quantitative estimate of drug-likeness (QED) is 0.165. The van der Waals surface area contributed by atoms with Crippen molar-refractivity contribution in [3.05, 3.63) is 49.9 Å². The number of hydrogen-bond acceptors (Lipinski definition) is 0. The van der Waals surface area contributed by atoms with Gasteiger partial charge < -0.3 is 17.3 Å². The maximum absolute atomic E-state index is 9.75. The molecule has 1 aromatic rings. The van der Waals surface area contributed by atoms with Gasteiger partial charge in [-0.2, -0.15) is 0 Å². The van der Waals surface area contributed by atoms with Crippen LogP contribution in [-0.4, -0.2) is 29.9 Å². The van der Waals surface area contributed by atoms with Gasteiger partial charge in [-0.3, -0.25) is 0 Å². The van der Waals surface area contributed by atoms with Gasteiger partial charge in [0.2, 0.25) is 0 Å². The molecule has 0 spiro atoms. The molecule has 1 aromatic carbocycles. The molecule has 195 valence electrons. The second-order valence-corrected chi connectivity index (χ2v) is 15.6. The zero-order chi connectivity index (χ0) is 24.4. The molecule has 0 bridgehead atoms. The van der Waals surface area contributed by atoms with E-state index in [1.807, 2.05) is 0 Å². The fraction of sp³-hybridized carbons (Fsp3) is 0.615. The fourth-order valence-electron chi connectivity index (χ4n) is 5.10. The molecular weight excluding hydrogens is 653 g/mol. The van der Waals surface area contributed by atoms with Crippen molar-refractivity contribution < 1.29 is 37.4 Å². The molecule has 5 radical (unpaired) electrons. The smallest absolute Gasteiger partial charge is 0.418 e. The molecule has 34 heavy (non-hydrogen) atoms. The number of halogens is 4. The first kappa shape index (κ1) is 32.5. The van der Waals surface area contributed by atoms with E-state index >= 15 is 0 Å². The van der Waals surface area contributed by atoms with Gasteiger partial charge in [0.25, 0.3) is 0 Å². The van der Waals surface area contributed by atoms with Crippen LogP contribution in [0.3, 0.4) is 0 Å². The summed E-state index contributed by atoms with van der Waals surface area (Å²) in [6, 6.07) is 9.55. The summed E-state index contributed by atoms with van der Waals surface area (Å²) in [6.07, 6.45) is 19.8. The van der Waals surface area contributed by atoms with E-state index in [1.165, 1.54) is 51.4 Å². The van der Waals surface area contributed by atoms with Crippen molar-refractivity contribution in [2.45, 2.75) is 102 Å². The van der Waals surface area contributed by atoms with E-state index < -0.39 is 7.25 Å².